The van der Waals surface area contributed by atoms with Crippen LogP contribution in [0.15, 0.2) is 79.0 Å². The Morgan fingerprint density at radius 1 is 0.951 bits per heavy atom. The Hall–Kier alpha value is -3.81. The number of fused-ring (bicyclic) bond motifs is 1. The van der Waals surface area contributed by atoms with E-state index < -0.39 is 17.7 Å². The van der Waals surface area contributed by atoms with Crippen LogP contribution in [-0.2, 0) is 30.5 Å². The minimum absolute atomic E-state index is 0.462. The molecular weight excluding hydrogens is 557 g/mol. The minimum atomic E-state index is -0.649. The van der Waals surface area contributed by atoms with Crippen molar-refractivity contribution in [3.05, 3.63) is 117 Å². The first kappa shape index (κ1) is 28.7. The molecule has 5 rings (SSSR count). The predicted octanol–water partition coefficient (Wildman–Crippen LogP) is 7.71. The van der Waals surface area contributed by atoms with Crippen molar-refractivity contribution in [2.75, 3.05) is 0 Å². The number of aromatic amines is 1. The number of aromatic nitrogens is 4. The number of aryl methyl sites for hydroxylation is 2. The molecule has 0 aliphatic rings. The maximum atomic E-state index is 13.1. The van der Waals surface area contributed by atoms with Crippen molar-refractivity contribution < 1.29 is 9.53 Å². The van der Waals surface area contributed by atoms with E-state index in [2.05, 4.69) is 43.3 Å². The van der Waals surface area contributed by atoms with Crippen LogP contribution in [0.25, 0.3) is 10.9 Å². The summed E-state index contributed by atoms with van der Waals surface area (Å²) in [4.78, 5) is 16.4. The highest BCUT2D eigenvalue weighted by molar-refractivity contribution is 6.42. The average Bonchev–Trinajstić information content (AvgIpc) is 3.52. The SMILES string of the molecule is CC(C)(C)OC(=O)N[C@H](Cc1c[nH]c2ccccc12)c1nnc(CCc2ccccc2)n1Cc1ccc(Cl)c(Cl)c1. The zero-order valence-electron chi connectivity index (χ0n) is 23.3. The Morgan fingerprint density at radius 2 is 1.71 bits per heavy atom. The molecule has 9 heteroatoms. The molecule has 0 bridgehead atoms. The molecule has 0 aliphatic carbocycles. The summed E-state index contributed by atoms with van der Waals surface area (Å²) in [5.74, 6) is 1.44. The average molecular weight is 591 g/mol. The van der Waals surface area contributed by atoms with Crippen molar-refractivity contribution in [2.24, 2.45) is 0 Å². The van der Waals surface area contributed by atoms with Gasteiger partial charge in [0, 0.05) is 29.9 Å². The van der Waals surface area contributed by atoms with E-state index in [0.717, 1.165) is 34.3 Å². The highest BCUT2D eigenvalue weighted by Gasteiger charge is 2.27. The van der Waals surface area contributed by atoms with Crippen LogP contribution in [0.1, 0.15) is 55.2 Å². The summed E-state index contributed by atoms with van der Waals surface area (Å²) in [6.45, 7) is 5.99. The molecule has 1 amide bonds. The summed E-state index contributed by atoms with van der Waals surface area (Å²) in [5, 5.41) is 14.4. The molecule has 212 valence electrons. The molecule has 2 aromatic heterocycles. The van der Waals surface area contributed by atoms with Gasteiger partial charge in [-0.1, -0.05) is 77.8 Å². The van der Waals surface area contributed by atoms with E-state index in [1.165, 1.54) is 5.56 Å². The van der Waals surface area contributed by atoms with Crippen LogP contribution in [0, 0.1) is 0 Å². The molecule has 2 N–H and O–H groups in total. The Kier molecular flexibility index (Phi) is 8.66. The number of ether oxygens (including phenoxy) is 1. The lowest BCUT2D eigenvalue weighted by Gasteiger charge is -2.24. The van der Waals surface area contributed by atoms with Crippen LogP contribution in [0.4, 0.5) is 4.79 Å². The van der Waals surface area contributed by atoms with E-state index in [0.29, 0.717) is 35.3 Å². The monoisotopic (exact) mass is 589 g/mol. The van der Waals surface area contributed by atoms with Gasteiger partial charge in [-0.05, 0) is 62.1 Å². The third kappa shape index (κ3) is 7.29. The van der Waals surface area contributed by atoms with Gasteiger partial charge in [-0.15, -0.1) is 10.2 Å². The lowest BCUT2D eigenvalue weighted by Crippen LogP contribution is -2.37. The van der Waals surface area contributed by atoms with Crippen molar-refractivity contribution >= 4 is 40.2 Å². The normalized spacial score (nSPS) is 12.4. The van der Waals surface area contributed by atoms with Gasteiger partial charge < -0.3 is 19.6 Å². The van der Waals surface area contributed by atoms with Crippen molar-refractivity contribution in [2.45, 2.75) is 58.2 Å². The first-order valence-corrected chi connectivity index (χ1v) is 14.4. The Morgan fingerprint density at radius 3 is 2.46 bits per heavy atom. The fourth-order valence-corrected chi connectivity index (χ4v) is 5.18. The van der Waals surface area contributed by atoms with Gasteiger partial charge >= 0.3 is 6.09 Å². The molecule has 1 atom stereocenters. The summed E-state index contributed by atoms with van der Waals surface area (Å²) in [5.41, 5.74) is 3.59. The van der Waals surface area contributed by atoms with Gasteiger partial charge in [-0.25, -0.2) is 4.79 Å². The van der Waals surface area contributed by atoms with Crippen LogP contribution < -0.4 is 5.32 Å². The lowest BCUT2D eigenvalue weighted by atomic mass is 10.0. The number of benzene rings is 3. The molecule has 0 saturated carbocycles. The largest absolute Gasteiger partial charge is 0.444 e. The van der Waals surface area contributed by atoms with Crippen LogP contribution in [0.2, 0.25) is 10.0 Å². The first-order valence-electron chi connectivity index (χ1n) is 13.6. The molecule has 3 aromatic carbocycles. The van der Waals surface area contributed by atoms with E-state index in [1.54, 1.807) is 6.07 Å². The van der Waals surface area contributed by atoms with Crippen LogP contribution >= 0.6 is 23.2 Å². The number of hydrogen-bond donors (Lipinski definition) is 2. The molecule has 0 saturated heterocycles. The number of halogens is 2. The number of para-hydroxylation sites is 1. The number of alkyl carbamates (subject to hydrolysis) is 1. The predicted molar refractivity (Wildman–Crippen MR) is 164 cm³/mol. The molecule has 2 heterocycles. The van der Waals surface area contributed by atoms with E-state index in [4.69, 9.17) is 27.9 Å². The molecule has 0 unspecified atom stereocenters. The zero-order valence-corrected chi connectivity index (χ0v) is 24.8. The fourth-order valence-electron chi connectivity index (χ4n) is 4.86. The highest BCUT2D eigenvalue weighted by Crippen LogP contribution is 2.27. The number of amides is 1. The number of carbonyl (C=O) groups excluding carboxylic acids is 1. The first-order chi connectivity index (χ1) is 19.7. The smallest absolute Gasteiger partial charge is 0.408 e. The minimum Gasteiger partial charge on any atom is -0.444 e. The molecule has 0 fully saturated rings. The van der Waals surface area contributed by atoms with Crippen molar-refractivity contribution in [3.63, 3.8) is 0 Å². The van der Waals surface area contributed by atoms with Crippen molar-refractivity contribution in [1.82, 2.24) is 25.1 Å². The third-order valence-electron chi connectivity index (χ3n) is 6.76. The van der Waals surface area contributed by atoms with Crippen LogP contribution in [-0.4, -0.2) is 31.4 Å². The zero-order chi connectivity index (χ0) is 29.0. The number of carbonyl (C=O) groups is 1. The second-order valence-electron chi connectivity index (χ2n) is 11.1. The van der Waals surface area contributed by atoms with E-state index >= 15 is 0 Å². The van der Waals surface area contributed by atoms with Gasteiger partial charge in [0.25, 0.3) is 0 Å². The molecule has 41 heavy (non-hydrogen) atoms. The number of nitrogens with one attached hydrogen (secondary N) is 2. The fraction of sp³-hybridized carbons (Fsp3) is 0.281. The Labute approximate surface area is 249 Å². The van der Waals surface area contributed by atoms with Gasteiger partial charge in [0.05, 0.1) is 22.6 Å². The molecule has 5 aromatic rings. The van der Waals surface area contributed by atoms with Crippen molar-refractivity contribution in [1.29, 1.82) is 0 Å². The second kappa shape index (κ2) is 12.4. The molecule has 0 spiro atoms. The molecule has 7 nitrogen and oxygen atoms in total. The van der Waals surface area contributed by atoms with Crippen molar-refractivity contribution in [3.8, 4) is 0 Å². The summed E-state index contributed by atoms with van der Waals surface area (Å²) < 4.78 is 7.72. The number of nitrogens with zero attached hydrogens (tertiary/aromatic N) is 3. The van der Waals surface area contributed by atoms with Crippen LogP contribution in [0.5, 0.6) is 0 Å². The van der Waals surface area contributed by atoms with E-state index in [1.807, 2.05) is 75.5 Å². The Bertz CT molecular complexity index is 1640. The summed E-state index contributed by atoms with van der Waals surface area (Å²) >= 11 is 12.6. The lowest BCUT2D eigenvalue weighted by molar-refractivity contribution is 0.0500. The molecular formula is C32H33Cl2N5O2. The summed E-state index contributed by atoms with van der Waals surface area (Å²) in [7, 11) is 0. The second-order valence-corrected chi connectivity index (χ2v) is 11.9. The van der Waals surface area contributed by atoms with Gasteiger partial charge in [-0.2, -0.15) is 0 Å². The maximum absolute atomic E-state index is 13.1. The number of hydrogen-bond acceptors (Lipinski definition) is 4. The van der Waals surface area contributed by atoms with E-state index in [9.17, 15) is 4.79 Å². The van der Waals surface area contributed by atoms with E-state index in [-0.39, 0.29) is 0 Å². The summed E-state index contributed by atoms with van der Waals surface area (Å²) in [6.07, 6.45) is 3.42. The van der Waals surface area contributed by atoms with Crippen LogP contribution in [0.3, 0.4) is 0 Å². The van der Waals surface area contributed by atoms with Gasteiger partial charge in [-0.3, -0.25) is 0 Å². The number of rotatable bonds is 9. The summed E-state index contributed by atoms with van der Waals surface area (Å²) in [6, 6.07) is 23.4. The molecule has 0 aliphatic heterocycles. The maximum Gasteiger partial charge on any atom is 0.408 e. The third-order valence-corrected chi connectivity index (χ3v) is 7.50. The highest BCUT2D eigenvalue weighted by atomic mass is 35.5. The topological polar surface area (TPSA) is 84.8 Å². The van der Waals surface area contributed by atoms with Gasteiger partial charge in [0.1, 0.15) is 11.4 Å². The quantitative estimate of drug-likeness (QED) is 0.184. The molecule has 0 radical (unpaired) electrons. The van der Waals surface area contributed by atoms with Gasteiger partial charge in [0.2, 0.25) is 0 Å². The number of H-pyrrole nitrogens is 1. The standard InChI is InChI=1S/C32H33Cl2N5O2/c1-32(2,3)41-31(40)36-28(18-23-19-35-27-12-8-7-11-24(23)27)30-38-37-29(16-14-21-9-5-4-6-10-21)39(30)20-22-13-15-25(33)26(34)17-22/h4-13,15,17,19,28,35H,14,16,18,20H2,1-3H3,(H,36,40)/t28-/m1/s1. The van der Waals surface area contributed by atoms with Gasteiger partial charge in [0.15, 0.2) is 5.82 Å². The Balaban J connectivity index is 1.53.